The zero-order chi connectivity index (χ0) is 33.8. The summed E-state index contributed by atoms with van der Waals surface area (Å²) in [7, 11) is 0. The Morgan fingerprint density at radius 3 is 2.15 bits per heavy atom. The minimum Gasteiger partial charge on any atom is -0.466 e. The SMILES string of the molecule is CCCCCCOC(=O)CC(O)CC(O)CCn1c(-c2ccc(F)cc2)c(-c2ccccc2)c(C(=O)Nc2ccccc2)c1C(C)C. The fourth-order valence-electron chi connectivity index (χ4n) is 5.97. The van der Waals surface area contributed by atoms with E-state index in [4.69, 9.17) is 4.74 Å². The minimum absolute atomic E-state index is 0.00197. The van der Waals surface area contributed by atoms with E-state index in [9.17, 15) is 24.2 Å². The Labute approximate surface area is 277 Å². The summed E-state index contributed by atoms with van der Waals surface area (Å²) in [6.07, 6.45) is 2.05. The second-order valence-corrected chi connectivity index (χ2v) is 12.3. The summed E-state index contributed by atoms with van der Waals surface area (Å²) in [6.45, 7) is 6.79. The smallest absolute Gasteiger partial charge is 0.308 e. The normalized spacial score (nSPS) is 12.6. The number of aliphatic hydroxyl groups excluding tert-OH is 2. The monoisotopic (exact) mass is 642 g/mol. The van der Waals surface area contributed by atoms with Crippen molar-refractivity contribution in [3.8, 4) is 22.4 Å². The van der Waals surface area contributed by atoms with Crippen LogP contribution in [0.25, 0.3) is 22.4 Å². The lowest BCUT2D eigenvalue weighted by molar-refractivity contribution is -0.146. The minimum atomic E-state index is -1.05. The van der Waals surface area contributed by atoms with E-state index in [1.165, 1.54) is 12.1 Å². The molecule has 0 fully saturated rings. The quantitative estimate of drug-likeness (QED) is 0.0794. The van der Waals surface area contributed by atoms with Gasteiger partial charge in [0.15, 0.2) is 0 Å². The molecule has 7 nitrogen and oxygen atoms in total. The summed E-state index contributed by atoms with van der Waals surface area (Å²) < 4.78 is 21.4. The van der Waals surface area contributed by atoms with Crippen molar-refractivity contribution in [2.75, 3.05) is 11.9 Å². The zero-order valence-corrected chi connectivity index (χ0v) is 27.6. The van der Waals surface area contributed by atoms with Crippen LogP contribution in [0.15, 0.2) is 84.9 Å². The Kier molecular flexibility index (Phi) is 13.3. The topological polar surface area (TPSA) is 101 Å². The number of anilines is 1. The van der Waals surface area contributed by atoms with E-state index >= 15 is 0 Å². The molecule has 4 aromatic rings. The van der Waals surface area contributed by atoms with Gasteiger partial charge in [0.1, 0.15) is 5.82 Å². The lowest BCUT2D eigenvalue weighted by Gasteiger charge is -2.20. The number of rotatable bonds is 17. The molecule has 1 aromatic heterocycles. The van der Waals surface area contributed by atoms with Crippen molar-refractivity contribution < 1.29 is 28.9 Å². The van der Waals surface area contributed by atoms with E-state index in [0.717, 1.165) is 48.2 Å². The van der Waals surface area contributed by atoms with Gasteiger partial charge in [-0.05, 0) is 72.7 Å². The maximum atomic E-state index is 14.2. The number of ether oxygens (including phenoxy) is 1. The highest BCUT2D eigenvalue weighted by molar-refractivity contribution is 6.12. The molecule has 250 valence electrons. The number of carbonyl (C=O) groups is 2. The average molecular weight is 643 g/mol. The molecule has 1 amide bonds. The number of para-hydroxylation sites is 1. The summed E-state index contributed by atoms with van der Waals surface area (Å²) >= 11 is 0. The van der Waals surface area contributed by atoms with Crippen molar-refractivity contribution in [3.63, 3.8) is 0 Å². The highest BCUT2D eigenvalue weighted by Crippen LogP contribution is 2.42. The molecular weight excluding hydrogens is 595 g/mol. The number of nitrogens with zero attached hydrogens (tertiary/aromatic N) is 1. The summed E-state index contributed by atoms with van der Waals surface area (Å²) in [4.78, 5) is 26.4. The number of amides is 1. The van der Waals surface area contributed by atoms with Crippen molar-refractivity contribution in [3.05, 3.63) is 102 Å². The molecule has 0 aliphatic rings. The number of hydrogen-bond acceptors (Lipinski definition) is 5. The zero-order valence-electron chi connectivity index (χ0n) is 27.6. The van der Waals surface area contributed by atoms with Crippen LogP contribution in [-0.2, 0) is 16.1 Å². The van der Waals surface area contributed by atoms with Crippen molar-refractivity contribution in [2.24, 2.45) is 0 Å². The highest BCUT2D eigenvalue weighted by atomic mass is 19.1. The summed E-state index contributed by atoms with van der Waals surface area (Å²) in [5.41, 5.74) is 4.94. The van der Waals surface area contributed by atoms with Crippen LogP contribution in [-0.4, -0.2) is 45.5 Å². The first-order valence-corrected chi connectivity index (χ1v) is 16.6. The van der Waals surface area contributed by atoms with Crippen LogP contribution >= 0.6 is 0 Å². The molecule has 0 saturated carbocycles. The third-order valence-corrected chi connectivity index (χ3v) is 8.18. The van der Waals surface area contributed by atoms with Gasteiger partial charge in [-0.2, -0.15) is 0 Å². The lowest BCUT2D eigenvalue weighted by atomic mass is 9.94. The van der Waals surface area contributed by atoms with Crippen LogP contribution < -0.4 is 5.32 Å². The first kappa shape index (κ1) is 35.6. The fourth-order valence-corrected chi connectivity index (χ4v) is 5.97. The molecule has 4 rings (SSSR count). The summed E-state index contributed by atoms with van der Waals surface area (Å²) in [6, 6.07) is 25.1. The molecule has 2 atom stereocenters. The predicted molar refractivity (Wildman–Crippen MR) is 185 cm³/mol. The third kappa shape index (κ3) is 9.86. The standard InChI is InChI=1S/C39H47FN2O5/c1-4-5-6-13-24-47-34(45)26-33(44)25-32(43)22-23-42-37(27(2)3)36(39(46)41-31-16-11-8-12-17-31)35(28-14-9-7-10-15-28)38(42)29-18-20-30(40)21-19-29/h7-12,14-21,27,32-33,43-44H,4-6,13,22-26H2,1-3H3,(H,41,46). The van der Waals surface area contributed by atoms with E-state index in [1.54, 1.807) is 12.1 Å². The average Bonchev–Trinajstić information content (AvgIpc) is 3.40. The lowest BCUT2D eigenvalue weighted by Crippen LogP contribution is -2.23. The largest absolute Gasteiger partial charge is 0.466 e. The molecule has 0 saturated heterocycles. The Morgan fingerprint density at radius 2 is 1.51 bits per heavy atom. The summed E-state index contributed by atoms with van der Waals surface area (Å²) in [5.74, 6) is -1.22. The van der Waals surface area contributed by atoms with E-state index in [2.05, 4.69) is 12.2 Å². The second kappa shape index (κ2) is 17.6. The van der Waals surface area contributed by atoms with Gasteiger partial charge in [0, 0.05) is 23.5 Å². The van der Waals surface area contributed by atoms with Crippen LogP contribution in [0.2, 0.25) is 0 Å². The third-order valence-electron chi connectivity index (χ3n) is 8.18. The highest BCUT2D eigenvalue weighted by Gasteiger charge is 2.31. The number of nitrogens with one attached hydrogen (secondary N) is 1. The Hall–Kier alpha value is -4.27. The number of aliphatic hydroxyl groups is 2. The Bertz CT molecular complexity index is 1570. The number of carbonyl (C=O) groups excluding carboxylic acids is 2. The van der Waals surface area contributed by atoms with Gasteiger partial charge in [-0.15, -0.1) is 0 Å². The Morgan fingerprint density at radius 1 is 0.851 bits per heavy atom. The summed E-state index contributed by atoms with van der Waals surface area (Å²) in [5, 5.41) is 24.7. The number of hydrogen-bond donors (Lipinski definition) is 3. The molecule has 0 radical (unpaired) electrons. The molecule has 1 heterocycles. The van der Waals surface area contributed by atoms with Crippen molar-refractivity contribution >= 4 is 17.6 Å². The number of benzene rings is 3. The molecule has 3 aromatic carbocycles. The van der Waals surface area contributed by atoms with Crippen LogP contribution in [0.4, 0.5) is 10.1 Å². The number of esters is 1. The molecule has 8 heteroatoms. The maximum Gasteiger partial charge on any atom is 0.308 e. The molecular formula is C39H47FN2O5. The van der Waals surface area contributed by atoms with Gasteiger partial charge >= 0.3 is 5.97 Å². The van der Waals surface area contributed by atoms with Crippen LogP contribution in [0.1, 0.15) is 87.7 Å². The van der Waals surface area contributed by atoms with Crippen LogP contribution in [0, 0.1) is 5.82 Å². The van der Waals surface area contributed by atoms with E-state index in [0.29, 0.717) is 30.0 Å². The molecule has 3 N–H and O–H groups in total. The molecule has 0 aliphatic carbocycles. The maximum absolute atomic E-state index is 14.2. The van der Waals surface area contributed by atoms with Gasteiger partial charge in [-0.1, -0.05) is 88.6 Å². The van der Waals surface area contributed by atoms with Gasteiger partial charge in [0.25, 0.3) is 5.91 Å². The molecule has 0 spiro atoms. The molecule has 2 unspecified atom stereocenters. The Balaban J connectivity index is 1.67. The van der Waals surface area contributed by atoms with E-state index in [-0.39, 0.29) is 36.9 Å². The van der Waals surface area contributed by atoms with Crippen LogP contribution in [0.3, 0.4) is 0 Å². The molecule has 0 aliphatic heterocycles. The number of aromatic nitrogens is 1. The molecule has 47 heavy (non-hydrogen) atoms. The van der Waals surface area contributed by atoms with E-state index < -0.39 is 18.2 Å². The van der Waals surface area contributed by atoms with Gasteiger partial charge in [0.2, 0.25) is 0 Å². The fraction of sp³-hybridized carbons (Fsp3) is 0.385. The van der Waals surface area contributed by atoms with Crippen molar-refractivity contribution in [2.45, 2.75) is 90.4 Å². The predicted octanol–water partition coefficient (Wildman–Crippen LogP) is 8.35. The van der Waals surface area contributed by atoms with Gasteiger partial charge in [-0.25, -0.2) is 4.39 Å². The second-order valence-electron chi connectivity index (χ2n) is 12.3. The van der Waals surface area contributed by atoms with Gasteiger partial charge < -0.3 is 24.8 Å². The van der Waals surface area contributed by atoms with Gasteiger partial charge in [0.05, 0.1) is 36.5 Å². The van der Waals surface area contributed by atoms with Crippen molar-refractivity contribution in [1.29, 1.82) is 0 Å². The number of halogens is 1. The van der Waals surface area contributed by atoms with Gasteiger partial charge in [-0.3, -0.25) is 9.59 Å². The molecule has 0 bridgehead atoms. The first-order valence-electron chi connectivity index (χ1n) is 16.6. The first-order chi connectivity index (χ1) is 22.7. The van der Waals surface area contributed by atoms with Crippen LogP contribution in [0.5, 0.6) is 0 Å². The van der Waals surface area contributed by atoms with E-state index in [1.807, 2.05) is 79.1 Å². The van der Waals surface area contributed by atoms with Crippen molar-refractivity contribution in [1.82, 2.24) is 4.57 Å². The number of unbranched alkanes of at least 4 members (excludes halogenated alkanes) is 3.